The molecule has 0 aliphatic rings. The quantitative estimate of drug-likeness (QED) is 0.214. The van der Waals surface area contributed by atoms with Crippen LogP contribution in [0.25, 0.3) is 32.7 Å². The van der Waals surface area contributed by atoms with Gasteiger partial charge in [0.05, 0.1) is 13.7 Å². The molecular weight excluding hydrogens is 430 g/mol. The Balaban J connectivity index is 1.72. The van der Waals surface area contributed by atoms with Crippen LogP contribution >= 0.6 is 0 Å². The Morgan fingerprint density at radius 2 is 1.38 bits per heavy atom. The molecule has 1 N–H and O–H groups in total. The van der Waals surface area contributed by atoms with Crippen LogP contribution in [-0.4, -0.2) is 32.3 Å². The van der Waals surface area contributed by atoms with Crippen LogP contribution in [0.2, 0.25) is 0 Å². The predicted molar refractivity (Wildman–Crippen MR) is 133 cm³/mol. The first-order valence-electron chi connectivity index (χ1n) is 10.9. The average Bonchev–Trinajstić information content (AvgIpc) is 2.85. The Hall–Kier alpha value is -4.32. The highest BCUT2D eigenvalue weighted by Gasteiger charge is 2.20. The molecule has 0 saturated heterocycles. The first kappa shape index (κ1) is 22.9. The average molecular weight is 456 g/mol. The molecule has 34 heavy (non-hydrogen) atoms. The molecule has 0 aliphatic carbocycles. The van der Waals surface area contributed by atoms with E-state index in [-0.39, 0.29) is 13.2 Å². The van der Waals surface area contributed by atoms with Crippen molar-refractivity contribution in [3.63, 3.8) is 0 Å². The van der Waals surface area contributed by atoms with Crippen LogP contribution in [0.1, 0.15) is 6.92 Å². The molecule has 0 unspecified atom stereocenters. The number of carbonyl (C=O) groups is 2. The van der Waals surface area contributed by atoms with E-state index in [9.17, 15) is 9.59 Å². The van der Waals surface area contributed by atoms with Gasteiger partial charge in [-0.25, -0.2) is 9.59 Å². The lowest BCUT2D eigenvalue weighted by molar-refractivity contribution is -0.138. The highest BCUT2D eigenvalue weighted by atomic mass is 16.6. The summed E-state index contributed by atoms with van der Waals surface area (Å²) in [7, 11) is 1.62. The second-order valence-electron chi connectivity index (χ2n) is 7.76. The number of benzene rings is 4. The molecule has 0 atom stereocenters. The zero-order valence-electron chi connectivity index (χ0n) is 19.1. The minimum Gasteiger partial charge on any atom is -0.496 e. The summed E-state index contributed by atoms with van der Waals surface area (Å²) in [4.78, 5) is 24.1. The van der Waals surface area contributed by atoms with Crippen LogP contribution < -0.4 is 14.8 Å². The summed E-state index contributed by atoms with van der Waals surface area (Å²) < 4.78 is 16.5. The van der Waals surface area contributed by atoms with Crippen molar-refractivity contribution in [1.82, 2.24) is 5.32 Å². The molecule has 0 fully saturated rings. The van der Waals surface area contributed by atoms with Gasteiger partial charge >= 0.3 is 12.1 Å². The molecule has 0 aliphatic heterocycles. The maximum absolute atomic E-state index is 12.6. The molecule has 4 aromatic rings. The van der Waals surface area contributed by atoms with Crippen LogP contribution in [0.15, 0.2) is 84.9 Å². The Morgan fingerprint density at radius 1 is 0.824 bits per heavy atom. The van der Waals surface area contributed by atoms with Crippen molar-refractivity contribution >= 4 is 33.6 Å². The van der Waals surface area contributed by atoms with E-state index < -0.39 is 12.1 Å². The van der Waals surface area contributed by atoms with E-state index in [1.807, 2.05) is 66.7 Å². The van der Waals surface area contributed by atoms with Crippen molar-refractivity contribution in [2.45, 2.75) is 6.92 Å². The smallest absolute Gasteiger partial charge is 0.412 e. The molecule has 0 radical (unpaired) electrons. The van der Waals surface area contributed by atoms with Crippen molar-refractivity contribution in [2.75, 3.05) is 20.3 Å². The molecule has 4 rings (SSSR count). The van der Waals surface area contributed by atoms with Gasteiger partial charge in [-0.3, -0.25) is 0 Å². The molecule has 0 aromatic heterocycles. The zero-order valence-corrected chi connectivity index (χ0v) is 19.1. The lowest BCUT2D eigenvalue weighted by Gasteiger charge is -2.18. The van der Waals surface area contributed by atoms with E-state index in [0.717, 1.165) is 32.7 Å². The number of methoxy groups -OCH3 is 1. The van der Waals surface area contributed by atoms with Gasteiger partial charge in [0.25, 0.3) is 0 Å². The van der Waals surface area contributed by atoms with E-state index in [0.29, 0.717) is 17.1 Å². The second kappa shape index (κ2) is 10.1. The number of fused-ring (bicyclic) bond motifs is 2. The van der Waals surface area contributed by atoms with Crippen LogP contribution in [-0.2, 0) is 9.53 Å². The van der Waals surface area contributed by atoms with Gasteiger partial charge in [0.15, 0.2) is 0 Å². The van der Waals surface area contributed by atoms with Crippen LogP contribution in [0.5, 0.6) is 11.5 Å². The van der Waals surface area contributed by atoms with Gasteiger partial charge in [-0.2, -0.15) is 0 Å². The normalized spacial score (nSPS) is 10.6. The Morgan fingerprint density at radius 3 is 1.97 bits per heavy atom. The van der Waals surface area contributed by atoms with Gasteiger partial charge < -0.3 is 19.5 Å². The zero-order chi connectivity index (χ0) is 24.1. The van der Waals surface area contributed by atoms with Crippen LogP contribution in [0.4, 0.5) is 4.79 Å². The third-order valence-electron chi connectivity index (χ3n) is 5.41. The standard InChI is InChI=1S/C28H25NO5/c1-18(2)27(30)33-17-16-29-28(31)34-24-15-13-20-9-5-7-11-22(20)26(24)25-21-10-6-4-8-19(21)12-14-23(25)32-3/h4-15H,1,16-17H2,2-3H3,(H,29,31). The summed E-state index contributed by atoms with van der Waals surface area (Å²) >= 11 is 0. The number of ether oxygens (including phenoxy) is 3. The van der Waals surface area contributed by atoms with E-state index in [1.54, 1.807) is 20.1 Å². The molecule has 4 aromatic carbocycles. The van der Waals surface area contributed by atoms with Crippen molar-refractivity contribution in [3.05, 3.63) is 84.9 Å². The Labute approximate surface area is 197 Å². The van der Waals surface area contributed by atoms with Gasteiger partial charge in [-0.05, 0) is 40.6 Å². The third-order valence-corrected chi connectivity index (χ3v) is 5.41. The first-order valence-corrected chi connectivity index (χ1v) is 10.9. The number of rotatable bonds is 7. The Bertz CT molecular complexity index is 1390. The van der Waals surface area contributed by atoms with Crippen molar-refractivity contribution in [2.24, 2.45) is 0 Å². The summed E-state index contributed by atoms with van der Waals surface area (Å²) in [5, 5.41) is 6.58. The lowest BCUT2D eigenvalue weighted by Crippen LogP contribution is -2.30. The summed E-state index contributed by atoms with van der Waals surface area (Å²) in [5.41, 5.74) is 1.90. The van der Waals surface area contributed by atoms with Gasteiger partial charge in [-0.15, -0.1) is 0 Å². The van der Waals surface area contributed by atoms with E-state index >= 15 is 0 Å². The molecule has 0 saturated carbocycles. The molecule has 0 spiro atoms. The van der Waals surface area contributed by atoms with Gasteiger partial charge in [-0.1, -0.05) is 67.2 Å². The number of esters is 1. The van der Waals surface area contributed by atoms with E-state index in [2.05, 4.69) is 11.9 Å². The summed E-state index contributed by atoms with van der Waals surface area (Å²) in [5.74, 6) is 0.562. The van der Waals surface area contributed by atoms with Crippen molar-refractivity contribution < 1.29 is 23.8 Å². The minimum atomic E-state index is -0.651. The fourth-order valence-corrected chi connectivity index (χ4v) is 3.83. The summed E-state index contributed by atoms with van der Waals surface area (Å²) in [6, 6.07) is 23.5. The number of nitrogens with one attached hydrogen (secondary N) is 1. The van der Waals surface area contributed by atoms with Gasteiger partial charge in [0.2, 0.25) is 0 Å². The third kappa shape index (κ3) is 4.71. The number of hydrogen-bond acceptors (Lipinski definition) is 5. The van der Waals surface area contributed by atoms with Crippen molar-refractivity contribution in [1.29, 1.82) is 0 Å². The van der Waals surface area contributed by atoms with Gasteiger partial charge in [0, 0.05) is 16.7 Å². The van der Waals surface area contributed by atoms with E-state index in [4.69, 9.17) is 14.2 Å². The topological polar surface area (TPSA) is 73.9 Å². The van der Waals surface area contributed by atoms with Gasteiger partial charge in [0.1, 0.15) is 18.1 Å². The highest BCUT2D eigenvalue weighted by molar-refractivity contribution is 6.10. The highest BCUT2D eigenvalue weighted by Crippen LogP contribution is 2.45. The molecule has 0 heterocycles. The van der Waals surface area contributed by atoms with E-state index in [1.165, 1.54) is 0 Å². The molecular formula is C28H25NO5. The minimum absolute atomic E-state index is 0.0164. The van der Waals surface area contributed by atoms with Crippen LogP contribution in [0.3, 0.4) is 0 Å². The number of carbonyl (C=O) groups excluding carboxylic acids is 2. The summed E-state index contributed by atoms with van der Waals surface area (Å²) in [6.07, 6.45) is -0.651. The lowest BCUT2D eigenvalue weighted by atomic mass is 9.92. The molecule has 6 heteroatoms. The number of amides is 1. The number of hydrogen-bond donors (Lipinski definition) is 1. The maximum atomic E-state index is 12.6. The second-order valence-corrected chi connectivity index (χ2v) is 7.76. The monoisotopic (exact) mass is 455 g/mol. The molecule has 1 amide bonds. The SMILES string of the molecule is C=C(C)C(=O)OCCNC(=O)Oc1ccc2ccccc2c1-c1c(OC)ccc2ccccc12. The van der Waals surface area contributed by atoms with Crippen LogP contribution in [0, 0.1) is 0 Å². The van der Waals surface area contributed by atoms with Crippen molar-refractivity contribution in [3.8, 4) is 22.6 Å². The maximum Gasteiger partial charge on any atom is 0.412 e. The fraction of sp³-hybridized carbons (Fsp3) is 0.143. The molecule has 6 nitrogen and oxygen atoms in total. The molecule has 0 bridgehead atoms. The molecule has 172 valence electrons. The predicted octanol–water partition coefficient (Wildman–Crippen LogP) is 5.88. The largest absolute Gasteiger partial charge is 0.496 e. The summed E-state index contributed by atoms with van der Waals surface area (Å²) in [6.45, 7) is 5.22. The Kier molecular flexibility index (Phi) is 6.78. The fourth-order valence-electron chi connectivity index (χ4n) is 3.83. The first-order chi connectivity index (χ1) is 16.5.